The van der Waals surface area contributed by atoms with E-state index in [1.54, 1.807) is 18.2 Å². The average molecular weight is 359 g/mol. The molecule has 4 nitrogen and oxygen atoms in total. The highest BCUT2D eigenvalue weighted by atomic mass is 32.1. The maximum Gasteiger partial charge on any atom is 0.338 e. The Morgan fingerprint density at radius 2 is 1.84 bits per heavy atom. The molecule has 5 heteroatoms. The zero-order valence-electron chi connectivity index (χ0n) is 15.0. The summed E-state index contributed by atoms with van der Waals surface area (Å²) in [6.07, 6.45) is 2.78. The third kappa shape index (κ3) is 5.43. The Morgan fingerprint density at radius 3 is 2.40 bits per heavy atom. The first-order valence-corrected chi connectivity index (χ1v) is 9.47. The summed E-state index contributed by atoms with van der Waals surface area (Å²) in [6.45, 7) is 2.11. The second-order valence-corrected chi connectivity index (χ2v) is 7.12. The van der Waals surface area contributed by atoms with Crippen LogP contribution in [-0.4, -0.2) is 32.0 Å². The second kappa shape index (κ2) is 9.37. The van der Waals surface area contributed by atoms with Gasteiger partial charge in [-0.3, -0.25) is 4.79 Å². The minimum Gasteiger partial charge on any atom is -0.450 e. The van der Waals surface area contributed by atoms with E-state index in [9.17, 15) is 9.59 Å². The predicted octanol–water partition coefficient (Wildman–Crippen LogP) is 4.80. The number of hydrogen-bond acceptors (Lipinski definition) is 5. The van der Waals surface area contributed by atoms with Crippen LogP contribution in [0.5, 0.6) is 0 Å². The van der Waals surface area contributed by atoms with Crippen LogP contribution in [0.25, 0.3) is 0 Å². The van der Waals surface area contributed by atoms with Crippen LogP contribution < -0.4 is 4.90 Å². The highest BCUT2D eigenvalue weighted by Crippen LogP contribution is 2.19. The molecule has 0 saturated carbocycles. The molecular formula is C20H25NO3S. The lowest BCUT2D eigenvalue weighted by Crippen LogP contribution is -2.27. The van der Waals surface area contributed by atoms with Crippen molar-refractivity contribution in [2.75, 3.05) is 19.0 Å². The normalized spacial score (nSPS) is 11.8. The number of nitrogens with zero attached hydrogens (tertiary/aromatic N) is 1. The Balaban J connectivity index is 2.08. The molecule has 1 aromatic heterocycles. The van der Waals surface area contributed by atoms with Gasteiger partial charge < -0.3 is 9.64 Å². The Kier molecular flexibility index (Phi) is 7.19. The van der Waals surface area contributed by atoms with Crippen LogP contribution in [0.4, 0.5) is 5.69 Å². The van der Waals surface area contributed by atoms with Crippen LogP contribution in [0.1, 0.15) is 52.6 Å². The number of thiophene rings is 1. The topological polar surface area (TPSA) is 46.6 Å². The maximum atomic E-state index is 12.6. The minimum atomic E-state index is -0.716. The van der Waals surface area contributed by atoms with Gasteiger partial charge in [0.05, 0.1) is 10.4 Å². The van der Waals surface area contributed by atoms with Crippen LogP contribution in [0.3, 0.4) is 0 Å². The third-order valence-electron chi connectivity index (χ3n) is 4.00. The monoisotopic (exact) mass is 359 g/mol. The summed E-state index contributed by atoms with van der Waals surface area (Å²) in [4.78, 5) is 27.7. The first kappa shape index (κ1) is 19.2. The van der Waals surface area contributed by atoms with Crippen molar-refractivity contribution in [3.63, 3.8) is 0 Å². The smallest absolute Gasteiger partial charge is 0.338 e. The molecule has 25 heavy (non-hydrogen) atoms. The van der Waals surface area contributed by atoms with Crippen molar-refractivity contribution in [3.05, 3.63) is 52.2 Å². The number of Topliss-reactive ketones (excluding diaryl/α,β-unsaturated/α-hetero) is 1. The zero-order chi connectivity index (χ0) is 18.2. The largest absolute Gasteiger partial charge is 0.450 e. The van der Waals surface area contributed by atoms with Crippen molar-refractivity contribution in [2.45, 2.75) is 38.7 Å². The van der Waals surface area contributed by atoms with Gasteiger partial charge in [0.1, 0.15) is 0 Å². The number of ketones is 1. The summed E-state index contributed by atoms with van der Waals surface area (Å²) in [6, 6.07) is 10.8. The van der Waals surface area contributed by atoms with Gasteiger partial charge in [-0.2, -0.15) is 0 Å². The average Bonchev–Trinajstić information content (AvgIpc) is 3.15. The van der Waals surface area contributed by atoms with Crippen LogP contribution in [0.15, 0.2) is 41.8 Å². The van der Waals surface area contributed by atoms with Crippen molar-refractivity contribution in [3.8, 4) is 0 Å². The highest BCUT2D eigenvalue weighted by molar-refractivity contribution is 7.12. The molecule has 0 spiro atoms. The molecule has 0 aliphatic rings. The van der Waals surface area contributed by atoms with Crippen LogP contribution in [0.2, 0.25) is 0 Å². The minimum absolute atomic E-state index is 0.107. The molecule has 1 unspecified atom stereocenters. The first-order valence-electron chi connectivity index (χ1n) is 8.59. The summed E-state index contributed by atoms with van der Waals surface area (Å²) in [5.41, 5.74) is 1.47. The van der Waals surface area contributed by atoms with E-state index in [0.717, 1.165) is 24.9 Å². The van der Waals surface area contributed by atoms with E-state index in [1.807, 2.05) is 42.6 Å². The fraction of sp³-hybridized carbons (Fsp3) is 0.400. The van der Waals surface area contributed by atoms with Crippen molar-refractivity contribution in [1.82, 2.24) is 0 Å². The number of rotatable bonds is 9. The molecule has 2 rings (SSSR count). The molecule has 1 aromatic carbocycles. The summed E-state index contributed by atoms with van der Waals surface area (Å²) in [7, 11) is 3.88. The van der Waals surface area contributed by atoms with E-state index in [0.29, 0.717) is 16.9 Å². The Hall–Kier alpha value is -2.14. The molecule has 0 bridgehead atoms. The number of carbonyl (C=O) groups is 2. The number of carbonyl (C=O) groups excluding carboxylic acids is 2. The first-order chi connectivity index (χ1) is 12.0. The number of anilines is 1. The van der Waals surface area contributed by atoms with E-state index in [1.165, 1.54) is 11.3 Å². The Labute approximate surface area is 153 Å². The number of ether oxygens (including phenoxy) is 1. The second-order valence-electron chi connectivity index (χ2n) is 6.17. The van der Waals surface area contributed by atoms with E-state index in [-0.39, 0.29) is 5.78 Å². The summed E-state index contributed by atoms with van der Waals surface area (Å²) < 4.78 is 5.57. The maximum absolute atomic E-state index is 12.6. The van der Waals surface area contributed by atoms with Gasteiger partial charge in [0.25, 0.3) is 0 Å². The number of hydrogen-bond donors (Lipinski definition) is 0. The molecule has 0 aliphatic carbocycles. The number of benzene rings is 1. The van der Waals surface area contributed by atoms with Crippen molar-refractivity contribution >= 4 is 28.8 Å². The molecule has 0 fully saturated rings. The molecule has 0 saturated heterocycles. The Bertz CT molecular complexity index is 677. The molecular weight excluding hydrogens is 334 g/mol. The van der Waals surface area contributed by atoms with Gasteiger partial charge >= 0.3 is 5.97 Å². The summed E-state index contributed by atoms with van der Waals surface area (Å²) in [5, 5.41) is 1.86. The van der Waals surface area contributed by atoms with Crippen LogP contribution >= 0.6 is 11.3 Å². The van der Waals surface area contributed by atoms with E-state index < -0.39 is 12.1 Å². The molecule has 2 aromatic rings. The summed E-state index contributed by atoms with van der Waals surface area (Å²) in [5.74, 6) is -0.555. The molecule has 0 N–H and O–H groups in total. The SMILES string of the molecule is CCCCCC(OC(=O)c1ccc(N(C)C)cc1)C(=O)c1cccs1. The standard InChI is InChI=1S/C20H25NO3S/c1-4-5-6-8-17(19(22)18-9-7-14-25-18)24-20(23)15-10-12-16(13-11-15)21(2)3/h7,9-14,17H,4-6,8H2,1-3H3. The van der Waals surface area contributed by atoms with Gasteiger partial charge in [0.2, 0.25) is 5.78 Å². The van der Waals surface area contributed by atoms with Crippen molar-refractivity contribution in [2.24, 2.45) is 0 Å². The van der Waals surface area contributed by atoms with Gasteiger partial charge in [-0.25, -0.2) is 4.79 Å². The summed E-state index contributed by atoms with van der Waals surface area (Å²) >= 11 is 1.38. The zero-order valence-corrected chi connectivity index (χ0v) is 15.8. The van der Waals surface area contributed by atoms with Crippen molar-refractivity contribution in [1.29, 1.82) is 0 Å². The van der Waals surface area contributed by atoms with Gasteiger partial charge in [0, 0.05) is 19.8 Å². The van der Waals surface area contributed by atoms with Gasteiger partial charge in [-0.05, 0) is 48.6 Å². The van der Waals surface area contributed by atoms with Gasteiger partial charge in [0.15, 0.2) is 6.10 Å². The lowest BCUT2D eigenvalue weighted by Gasteiger charge is -2.17. The van der Waals surface area contributed by atoms with Crippen LogP contribution in [0, 0.1) is 0 Å². The number of unbranched alkanes of at least 4 members (excludes halogenated alkanes) is 2. The molecule has 0 aliphatic heterocycles. The van der Waals surface area contributed by atoms with E-state index in [2.05, 4.69) is 6.92 Å². The van der Waals surface area contributed by atoms with Gasteiger partial charge in [-0.15, -0.1) is 11.3 Å². The fourth-order valence-corrected chi connectivity index (χ4v) is 3.20. The molecule has 134 valence electrons. The quantitative estimate of drug-likeness (QED) is 0.366. The lowest BCUT2D eigenvalue weighted by atomic mass is 10.1. The van der Waals surface area contributed by atoms with E-state index >= 15 is 0 Å². The highest BCUT2D eigenvalue weighted by Gasteiger charge is 2.25. The third-order valence-corrected chi connectivity index (χ3v) is 4.88. The molecule has 0 amide bonds. The van der Waals surface area contributed by atoms with Gasteiger partial charge in [-0.1, -0.05) is 25.8 Å². The predicted molar refractivity (Wildman–Crippen MR) is 103 cm³/mol. The molecule has 1 atom stereocenters. The lowest BCUT2D eigenvalue weighted by molar-refractivity contribution is 0.0264. The Morgan fingerprint density at radius 1 is 1.12 bits per heavy atom. The number of esters is 1. The fourth-order valence-electron chi connectivity index (χ4n) is 2.49. The van der Waals surface area contributed by atoms with E-state index in [4.69, 9.17) is 4.74 Å². The van der Waals surface area contributed by atoms with Crippen LogP contribution in [-0.2, 0) is 4.74 Å². The molecule has 1 heterocycles. The van der Waals surface area contributed by atoms with Crippen molar-refractivity contribution < 1.29 is 14.3 Å². The molecule has 0 radical (unpaired) electrons.